The third-order valence-electron chi connectivity index (χ3n) is 4.07. The number of carbonyl (C=O) groups excluding carboxylic acids is 2. The highest BCUT2D eigenvalue weighted by Gasteiger charge is 2.22. The molecule has 0 aliphatic carbocycles. The van der Waals surface area contributed by atoms with Gasteiger partial charge in [-0.15, -0.1) is 4.91 Å². The van der Waals surface area contributed by atoms with Crippen molar-refractivity contribution in [3.05, 3.63) is 57.8 Å². The summed E-state index contributed by atoms with van der Waals surface area (Å²) in [5.41, 5.74) is 3.15. The average molecular weight is 324 g/mol. The molecule has 6 heteroatoms. The molecule has 24 heavy (non-hydrogen) atoms. The minimum atomic E-state index is -1.09. The summed E-state index contributed by atoms with van der Waals surface area (Å²) in [7, 11) is 0. The first-order valence-corrected chi connectivity index (χ1v) is 7.58. The number of hydrogen-bond acceptors (Lipinski definition) is 5. The maximum Gasteiger partial charge on any atom is 0.322 e. The van der Waals surface area contributed by atoms with Gasteiger partial charge in [0.25, 0.3) is 0 Å². The van der Waals surface area contributed by atoms with Crippen LogP contribution in [0, 0.1) is 11.8 Å². The van der Waals surface area contributed by atoms with E-state index in [9.17, 15) is 14.5 Å². The van der Waals surface area contributed by atoms with Crippen molar-refractivity contribution < 1.29 is 14.0 Å². The van der Waals surface area contributed by atoms with Crippen LogP contribution >= 0.6 is 0 Å². The number of allylic oxidation sites excluding steroid dienone is 2. The molecule has 1 N–H and O–H groups in total. The second kappa shape index (κ2) is 6.23. The molecule has 1 aliphatic heterocycles. The van der Waals surface area contributed by atoms with Gasteiger partial charge in [-0.2, -0.15) is 0 Å². The number of furan rings is 1. The molecule has 0 saturated heterocycles. The monoisotopic (exact) mass is 324 g/mol. The first kappa shape index (κ1) is 15.9. The molecule has 3 rings (SSSR count). The summed E-state index contributed by atoms with van der Waals surface area (Å²) >= 11 is 0. The molecule has 122 valence electrons. The summed E-state index contributed by atoms with van der Waals surface area (Å²) in [6, 6.07) is 5.93. The summed E-state index contributed by atoms with van der Waals surface area (Å²) in [5, 5.41) is 6.25. The van der Waals surface area contributed by atoms with Crippen molar-refractivity contribution in [3.63, 3.8) is 0 Å². The van der Waals surface area contributed by atoms with Crippen molar-refractivity contribution >= 4 is 28.2 Å². The van der Waals surface area contributed by atoms with Gasteiger partial charge in [0.15, 0.2) is 5.78 Å². The van der Waals surface area contributed by atoms with E-state index >= 15 is 0 Å². The van der Waals surface area contributed by atoms with E-state index in [-0.39, 0.29) is 5.57 Å². The van der Waals surface area contributed by atoms with Crippen molar-refractivity contribution in [1.82, 2.24) is 5.32 Å². The Kier molecular flexibility index (Phi) is 4.12. The highest BCUT2D eigenvalue weighted by molar-refractivity contribution is 6.25. The standard InChI is InChI=1S/C18H16N2O4/c1-10-4-3-5-12-13-6-7-19-9-14(18(22)20-23)15(21)8-11(2)17(13)24-16(10)12/h3-5,8-9,19H,6-7H2,1-2H3/b11-8+,14-9+. The second-order valence-corrected chi connectivity index (χ2v) is 5.71. The lowest BCUT2D eigenvalue weighted by atomic mass is 10.00. The Hall–Kier alpha value is -3.02. The lowest BCUT2D eigenvalue weighted by molar-refractivity contribution is -0.118. The van der Waals surface area contributed by atoms with Crippen LogP contribution in [-0.4, -0.2) is 18.2 Å². The number of rotatable bonds is 1. The van der Waals surface area contributed by atoms with Gasteiger partial charge in [-0.1, -0.05) is 18.2 Å². The molecule has 6 nitrogen and oxygen atoms in total. The van der Waals surface area contributed by atoms with Crippen LogP contribution in [0.15, 0.2) is 45.6 Å². The molecule has 1 amide bonds. The van der Waals surface area contributed by atoms with Gasteiger partial charge in [-0.25, -0.2) is 0 Å². The molecule has 1 aromatic heterocycles. The van der Waals surface area contributed by atoms with Gasteiger partial charge >= 0.3 is 5.91 Å². The van der Waals surface area contributed by atoms with Gasteiger partial charge < -0.3 is 9.73 Å². The van der Waals surface area contributed by atoms with Gasteiger partial charge in [0.1, 0.15) is 16.9 Å². The van der Waals surface area contributed by atoms with E-state index in [4.69, 9.17) is 4.42 Å². The van der Waals surface area contributed by atoms with Gasteiger partial charge in [0.05, 0.1) is 0 Å². The SMILES string of the molecule is C/C1=C\C(=O)/C(C(=O)N=O)=C\NCCc2c1oc1c(C)cccc21. The fraction of sp³-hybridized carbons (Fsp3) is 0.222. The third-order valence-corrected chi connectivity index (χ3v) is 4.07. The number of para-hydroxylation sites is 1. The Balaban J connectivity index is 2.16. The predicted octanol–water partition coefficient (Wildman–Crippen LogP) is 3.04. The number of aryl methyl sites for hydroxylation is 1. The summed E-state index contributed by atoms with van der Waals surface area (Å²) in [5.74, 6) is -1.03. The van der Waals surface area contributed by atoms with Crippen LogP contribution in [0.25, 0.3) is 16.5 Å². The fourth-order valence-corrected chi connectivity index (χ4v) is 2.88. The number of carbonyl (C=O) groups is 2. The van der Waals surface area contributed by atoms with Gasteiger partial charge in [-0.3, -0.25) is 9.59 Å². The van der Waals surface area contributed by atoms with E-state index < -0.39 is 11.7 Å². The quantitative estimate of drug-likeness (QED) is 0.643. The van der Waals surface area contributed by atoms with Crippen LogP contribution in [0.2, 0.25) is 0 Å². The summed E-state index contributed by atoms with van der Waals surface area (Å²) < 4.78 is 6.00. The maximum absolute atomic E-state index is 12.3. The molecule has 0 unspecified atom stereocenters. The second-order valence-electron chi connectivity index (χ2n) is 5.71. The topological polar surface area (TPSA) is 88.7 Å². The largest absolute Gasteiger partial charge is 0.456 e. The molecule has 1 aliphatic rings. The zero-order chi connectivity index (χ0) is 17.3. The van der Waals surface area contributed by atoms with Gasteiger partial charge in [0, 0.05) is 28.9 Å². The number of hydrogen-bond donors (Lipinski definition) is 1. The minimum absolute atomic E-state index is 0.278. The van der Waals surface area contributed by atoms with Crippen LogP contribution in [0.4, 0.5) is 0 Å². The Morgan fingerprint density at radius 1 is 1.29 bits per heavy atom. The van der Waals surface area contributed by atoms with Crippen LogP contribution in [0.5, 0.6) is 0 Å². The number of amides is 1. The highest BCUT2D eigenvalue weighted by Crippen LogP contribution is 2.33. The molecular weight excluding hydrogens is 308 g/mol. The Morgan fingerprint density at radius 3 is 2.83 bits per heavy atom. The number of nitrogens with zero attached hydrogens (tertiary/aromatic N) is 1. The molecule has 1 aromatic carbocycles. The van der Waals surface area contributed by atoms with E-state index in [1.165, 1.54) is 12.3 Å². The average Bonchev–Trinajstić information content (AvgIpc) is 2.94. The van der Waals surface area contributed by atoms with Crippen molar-refractivity contribution in [1.29, 1.82) is 0 Å². The lowest BCUT2D eigenvalue weighted by Crippen LogP contribution is -2.18. The highest BCUT2D eigenvalue weighted by atomic mass is 16.3. The van der Waals surface area contributed by atoms with Crippen LogP contribution in [-0.2, 0) is 16.0 Å². The Morgan fingerprint density at radius 2 is 2.08 bits per heavy atom. The van der Waals surface area contributed by atoms with Crippen molar-refractivity contribution in [2.75, 3.05) is 6.54 Å². The third kappa shape index (κ3) is 2.67. The Bertz CT molecular complexity index is 918. The molecule has 0 bridgehead atoms. The zero-order valence-corrected chi connectivity index (χ0v) is 13.4. The fourth-order valence-electron chi connectivity index (χ4n) is 2.88. The van der Waals surface area contributed by atoms with Crippen molar-refractivity contribution in [3.8, 4) is 0 Å². The lowest BCUT2D eigenvalue weighted by Gasteiger charge is -2.08. The van der Waals surface area contributed by atoms with Gasteiger partial charge in [0.2, 0.25) is 0 Å². The molecule has 2 heterocycles. The minimum Gasteiger partial charge on any atom is -0.456 e. The van der Waals surface area contributed by atoms with Crippen molar-refractivity contribution in [2.24, 2.45) is 5.18 Å². The van der Waals surface area contributed by atoms with E-state index in [0.29, 0.717) is 24.3 Å². The Labute approximate surface area is 138 Å². The predicted molar refractivity (Wildman–Crippen MR) is 90.2 cm³/mol. The van der Waals surface area contributed by atoms with E-state index in [0.717, 1.165) is 22.1 Å². The molecule has 0 atom stereocenters. The van der Waals surface area contributed by atoms with E-state index in [2.05, 4.69) is 10.5 Å². The molecule has 0 fully saturated rings. The zero-order valence-electron chi connectivity index (χ0n) is 13.4. The molecule has 0 radical (unpaired) electrons. The number of fused-ring (bicyclic) bond motifs is 3. The normalized spacial score (nSPS) is 19.5. The van der Waals surface area contributed by atoms with E-state index in [1.807, 2.05) is 25.1 Å². The van der Waals surface area contributed by atoms with Crippen LogP contribution < -0.4 is 5.32 Å². The van der Waals surface area contributed by atoms with Crippen LogP contribution in [0.3, 0.4) is 0 Å². The smallest absolute Gasteiger partial charge is 0.322 e. The summed E-state index contributed by atoms with van der Waals surface area (Å²) in [4.78, 5) is 34.3. The number of ketones is 1. The molecule has 0 saturated carbocycles. The number of nitrogens with one attached hydrogen (secondary N) is 1. The molecule has 0 spiro atoms. The molecule has 2 aromatic rings. The number of nitroso groups, excluding NO2 is 1. The van der Waals surface area contributed by atoms with Gasteiger partial charge in [-0.05, 0) is 37.5 Å². The first-order valence-electron chi connectivity index (χ1n) is 7.58. The summed E-state index contributed by atoms with van der Waals surface area (Å²) in [6.45, 7) is 4.21. The molecular formula is C18H16N2O4. The van der Waals surface area contributed by atoms with Crippen molar-refractivity contribution in [2.45, 2.75) is 20.3 Å². The number of benzene rings is 1. The first-order chi connectivity index (χ1) is 11.5. The van der Waals surface area contributed by atoms with Crippen LogP contribution in [0.1, 0.15) is 23.8 Å². The summed E-state index contributed by atoms with van der Waals surface area (Å²) in [6.07, 6.45) is 3.21. The van der Waals surface area contributed by atoms with E-state index in [1.54, 1.807) is 6.92 Å². The maximum atomic E-state index is 12.3.